The first-order valence-electron chi connectivity index (χ1n) is 39.2. The fourth-order valence-electron chi connectivity index (χ4n) is 12.0. The van der Waals surface area contributed by atoms with E-state index in [1.54, 1.807) is 0 Å². The van der Waals surface area contributed by atoms with Crippen LogP contribution in [0.2, 0.25) is 0 Å². The normalized spacial score (nSPS) is 14.7. The number of nitrogens with one attached hydrogen (secondary N) is 11. The van der Waals surface area contributed by atoms with Crippen LogP contribution in [0.5, 0.6) is 0 Å². The molecule has 0 aliphatic rings. The van der Waals surface area contributed by atoms with Gasteiger partial charge in [0.2, 0.25) is 70.9 Å². The van der Waals surface area contributed by atoms with Gasteiger partial charge in [0.1, 0.15) is 66.5 Å². The van der Waals surface area contributed by atoms with Gasteiger partial charge in [-0.05, 0) is 223 Å². The Hall–Kier alpha value is -6.60. The topological polar surface area (TPSA) is 519 Å². The smallest absolute Gasteiger partial charge is 0.243 e. The number of hydrogen-bond acceptors (Lipinski definition) is 18. The van der Waals surface area contributed by atoms with E-state index in [0.717, 1.165) is 25.7 Å². The van der Waals surface area contributed by atoms with Crippen molar-refractivity contribution in [3.63, 3.8) is 0 Å². The molecule has 104 heavy (non-hydrogen) atoms. The van der Waals surface area contributed by atoms with E-state index >= 15 is 0 Å². The summed E-state index contributed by atoms with van der Waals surface area (Å²) in [7, 11) is 0. The molecular weight excluding hydrogens is 1330 g/mol. The van der Waals surface area contributed by atoms with Gasteiger partial charge in [0, 0.05) is 6.42 Å². The largest absolute Gasteiger partial charge is 0.368 e. The molecular formula is C74H144N18O12. The second-order valence-electron chi connectivity index (χ2n) is 30.2. The quantitative estimate of drug-likeness (QED) is 0.0388. The summed E-state index contributed by atoms with van der Waals surface area (Å²) < 4.78 is 0. The molecule has 30 nitrogen and oxygen atoms in total. The van der Waals surface area contributed by atoms with E-state index in [9.17, 15) is 57.5 Å². The lowest BCUT2D eigenvalue weighted by Crippen LogP contribution is -2.61. The zero-order valence-corrected chi connectivity index (χ0v) is 65.4. The molecule has 0 bridgehead atoms. The molecule has 12 amide bonds. The van der Waals surface area contributed by atoms with Gasteiger partial charge in [-0.15, -0.1) is 0 Å². The Morgan fingerprint density at radius 1 is 0.231 bits per heavy atom. The van der Waals surface area contributed by atoms with Crippen LogP contribution in [0.4, 0.5) is 0 Å². The fourth-order valence-corrected chi connectivity index (χ4v) is 12.0. The summed E-state index contributed by atoms with van der Waals surface area (Å²) in [6.45, 7) is 22.6. The van der Waals surface area contributed by atoms with Crippen molar-refractivity contribution in [1.29, 1.82) is 0 Å². The molecule has 0 heterocycles. The van der Waals surface area contributed by atoms with Crippen LogP contribution in [0.25, 0.3) is 0 Å². The molecule has 0 aliphatic carbocycles. The SMILES string of the molecule is CCCCCCCC(=O)N[C@H](CC(C)C)C(=O)N[C@H](CCCCN)C(=O)N[C@H](CCCCN)C(=O)N[C@H](CC(C)C)C(=O)N[C@H](CC(C)C)C(=O)N[C@H](CCCCN)C(=O)N[C@H](CCCCN)C(=O)N[C@H](CC(C)C)C(=O)N[C@H](CCCCN)C(=O)N[C@H](CCCCN)C(=O)N[C@H](CC(C)C)C(N)=O. The molecule has 11 atom stereocenters. The first-order valence-corrected chi connectivity index (χ1v) is 39.2. The van der Waals surface area contributed by atoms with Crippen LogP contribution >= 0.6 is 0 Å². The number of carbonyl (C=O) groups is 12. The molecule has 0 fully saturated rings. The Balaban J connectivity index is 7.20. The maximum absolute atomic E-state index is 14.7. The van der Waals surface area contributed by atoms with Crippen molar-refractivity contribution >= 4 is 70.9 Å². The van der Waals surface area contributed by atoms with Crippen LogP contribution in [-0.4, -0.2) is 177 Å². The Morgan fingerprint density at radius 3 is 0.615 bits per heavy atom. The van der Waals surface area contributed by atoms with E-state index in [2.05, 4.69) is 65.4 Å². The minimum atomic E-state index is -1.27. The number of hydrogen-bond donors (Lipinski definition) is 18. The van der Waals surface area contributed by atoms with Crippen LogP contribution in [0.3, 0.4) is 0 Å². The van der Waals surface area contributed by atoms with E-state index in [1.165, 1.54) is 0 Å². The number of rotatable bonds is 62. The average molecular weight is 1480 g/mol. The second kappa shape index (κ2) is 57.6. The van der Waals surface area contributed by atoms with Crippen molar-refractivity contribution in [2.75, 3.05) is 39.3 Å². The molecule has 0 aromatic carbocycles. The summed E-state index contributed by atoms with van der Waals surface area (Å²) in [6.07, 6.45) is 12.0. The van der Waals surface area contributed by atoms with Crippen molar-refractivity contribution in [1.82, 2.24) is 58.5 Å². The third-order valence-electron chi connectivity index (χ3n) is 17.7. The zero-order chi connectivity index (χ0) is 78.7. The highest BCUT2D eigenvalue weighted by Crippen LogP contribution is 2.17. The molecule has 0 radical (unpaired) electrons. The zero-order valence-electron chi connectivity index (χ0n) is 65.4. The minimum Gasteiger partial charge on any atom is -0.368 e. The lowest BCUT2D eigenvalue weighted by molar-refractivity contribution is -0.136. The molecule has 0 aromatic rings. The van der Waals surface area contributed by atoms with E-state index < -0.39 is 131 Å². The Kier molecular flexibility index (Phi) is 54.0. The lowest BCUT2D eigenvalue weighted by Gasteiger charge is -2.29. The molecule has 0 spiro atoms. The maximum atomic E-state index is 14.7. The molecule has 602 valence electrons. The monoisotopic (exact) mass is 1480 g/mol. The second-order valence-corrected chi connectivity index (χ2v) is 30.2. The Labute approximate surface area is 622 Å². The molecule has 0 unspecified atom stereocenters. The number of nitrogens with two attached hydrogens (primary N) is 7. The van der Waals surface area contributed by atoms with E-state index in [1.807, 2.05) is 69.2 Å². The van der Waals surface area contributed by atoms with Crippen molar-refractivity contribution in [2.24, 2.45) is 69.7 Å². The summed E-state index contributed by atoms with van der Waals surface area (Å²) in [5.41, 5.74) is 40.8. The lowest BCUT2D eigenvalue weighted by atomic mass is 9.98. The van der Waals surface area contributed by atoms with Gasteiger partial charge in [-0.25, -0.2) is 0 Å². The van der Waals surface area contributed by atoms with E-state index in [-0.39, 0.29) is 119 Å². The summed E-state index contributed by atoms with van der Waals surface area (Å²) in [6, 6.07) is -12.8. The van der Waals surface area contributed by atoms with Crippen molar-refractivity contribution in [3.05, 3.63) is 0 Å². The number of primary amides is 1. The Morgan fingerprint density at radius 2 is 0.413 bits per heavy atom. The molecule has 0 rings (SSSR count). The van der Waals surface area contributed by atoms with Gasteiger partial charge in [-0.3, -0.25) is 57.5 Å². The standard InChI is InChI=1S/C74H144N18O12/c1-12-13-14-15-16-35-63(93)82-59(43-48(4)5)71(101)86-52(29-17-23-36-75)65(95)84-57(34-22-28-41-80)70(100)91-62(46-51(10)11)74(104)92-61(45-50(8)9)73(103)88-54(31-19-25-38-77)67(97)85-56(33-21-27-40-79)69(99)90-60(44-49(6)7)72(102)87-53(30-18-24-37-76)66(96)83-55(32-20-26-39-78)68(98)89-58(64(81)94)42-47(2)3/h47-62H,12-46,75-80H2,1-11H3,(H2,81,94)(H,82,93)(H,83,96)(H,84,95)(H,85,97)(H,86,101)(H,87,102)(H,88,103)(H,89,98)(H,90,99)(H,91,100)(H,92,104)/t52-,53-,54-,55-,56-,57-,58-,59-,60-,61-,62-/m1/s1. The number of carbonyl (C=O) groups excluding carboxylic acids is 12. The highest BCUT2D eigenvalue weighted by atomic mass is 16.2. The highest BCUT2D eigenvalue weighted by Gasteiger charge is 2.37. The van der Waals surface area contributed by atoms with Crippen molar-refractivity contribution in [2.45, 2.75) is 329 Å². The van der Waals surface area contributed by atoms with Crippen LogP contribution in [0.1, 0.15) is 262 Å². The van der Waals surface area contributed by atoms with Crippen LogP contribution in [-0.2, 0) is 57.5 Å². The van der Waals surface area contributed by atoms with Crippen LogP contribution in [0.15, 0.2) is 0 Å². The van der Waals surface area contributed by atoms with E-state index in [4.69, 9.17) is 40.1 Å². The van der Waals surface area contributed by atoms with Crippen molar-refractivity contribution in [3.8, 4) is 0 Å². The summed E-state index contributed by atoms with van der Waals surface area (Å²) in [5.74, 6) is -8.35. The summed E-state index contributed by atoms with van der Waals surface area (Å²) in [4.78, 5) is 170. The fraction of sp³-hybridized carbons (Fsp3) is 0.838. The third kappa shape index (κ3) is 44.4. The first kappa shape index (κ1) is 97.4. The van der Waals surface area contributed by atoms with Crippen LogP contribution in [0, 0.1) is 29.6 Å². The number of unbranched alkanes of at least 4 members (excludes halogenated alkanes) is 10. The van der Waals surface area contributed by atoms with Gasteiger partial charge in [-0.2, -0.15) is 0 Å². The highest BCUT2D eigenvalue weighted by molar-refractivity contribution is 5.99. The molecule has 25 N–H and O–H groups in total. The van der Waals surface area contributed by atoms with E-state index in [0.29, 0.717) is 116 Å². The molecule has 0 saturated carbocycles. The molecule has 0 aliphatic heterocycles. The Bertz CT molecular complexity index is 2510. The predicted octanol–water partition coefficient (Wildman–Crippen LogP) is 2.17. The predicted molar refractivity (Wildman–Crippen MR) is 409 cm³/mol. The third-order valence-corrected chi connectivity index (χ3v) is 17.7. The van der Waals surface area contributed by atoms with Gasteiger partial charge < -0.3 is 98.6 Å². The van der Waals surface area contributed by atoms with Gasteiger partial charge >= 0.3 is 0 Å². The molecule has 0 saturated heterocycles. The molecule has 0 aromatic heterocycles. The van der Waals surface area contributed by atoms with Crippen molar-refractivity contribution < 1.29 is 57.5 Å². The number of amides is 12. The van der Waals surface area contributed by atoms with Gasteiger partial charge in [0.25, 0.3) is 0 Å². The average Bonchev–Trinajstić information content (AvgIpc) is 0.855. The first-order chi connectivity index (χ1) is 49.3. The molecule has 30 heteroatoms. The maximum Gasteiger partial charge on any atom is 0.243 e. The van der Waals surface area contributed by atoms with Gasteiger partial charge in [-0.1, -0.05) is 102 Å². The van der Waals surface area contributed by atoms with Gasteiger partial charge in [0.05, 0.1) is 0 Å². The summed E-state index contributed by atoms with van der Waals surface area (Å²) >= 11 is 0. The summed E-state index contributed by atoms with van der Waals surface area (Å²) in [5, 5.41) is 31.1. The van der Waals surface area contributed by atoms with Gasteiger partial charge in [0.15, 0.2) is 0 Å². The minimum absolute atomic E-state index is 0.00411. The van der Waals surface area contributed by atoms with Crippen LogP contribution < -0.4 is 98.6 Å².